The zero-order chi connectivity index (χ0) is 14.7. The van der Waals surface area contributed by atoms with Crippen molar-refractivity contribution >= 4 is 11.7 Å². The van der Waals surface area contributed by atoms with Gasteiger partial charge >= 0.3 is 5.97 Å². The van der Waals surface area contributed by atoms with Gasteiger partial charge in [-0.3, -0.25) is 0 Å². The van der Waals surface area contributed by atoms with Gasteiger partial charge in [-0.15, -0.1) is 0 Å². The number of nitrogens with two attached hydrogens (primary N) is 1. The maximum atomic E-state index is 12.0. The number of rotatable bonds is 3. The molecule has 3 rings (SSSR count). The molecule has 1 atom stereocenters. The Labute approximate surface area is 125 Å². The predicted molar refractivity (Wildman–Crippen MR) is 81.1 cm³/mol. The van der Waals surface area contributed by atoms with Crippen molar-refractivity contribution in [3.63, 3.8) is 0 Å². The fraction of sp³-hybridized carbons (Fsp3) is 0.588. The highest BCUT2D eigenvalue weighted by Crippen LogP contribution is 2.41. The van der Waals surface area contributed by atoms with Gasteiger partial charge in [-0.05, 0) is 43.9 Å². The lowest BCUT2D eigenvalue weighted by Crippen LogP contribution is -2.32. The van der Waals surface area contributed by atoms with Crippen molar-refractivity contribution in [2.75, 3.05) is 12.3 Å². The first-order valence-corrected chi connectivity index (χ1v) is 7.87. The summed E-state index contributed by atoms with van der Waals surface area (Å²) in [6, 6.07) is 6.87. The summed E-state index contributed by atoms with van der Waals surface area (Å²) in [6.45, 7) is 0.343. The van der Waals surface area contributed by atoms with Crippen LogP contribution in [0.1, 0.15) is 55.3 Å². The van der Waals surface area contributed by atoms with Crippen LogP contribution in [0, 0.1) is 0 Å². The maximum Gasteiger partial charge on any atom is 0.338 e. The van der Waals surface area contributed by atoms with Gasteiger partial charge in [-0.2, -0.15) is 0 Å². The summed E-state index contributed by atoms with van der Waals surface area (Å²) >= 11 is 0. The fourth-order valence-electron chi connectivity index (χ4n) is 3.49. The molecule has 1 heterocycles. The van der Waals surface area contributed by atoms with E-state index in [1.807, 2.05) is 0 Å². The molecule has 4 heteroatoms. The summed E-state index contributed by atoms with van der Waals surface area (Å²) in [4.78, 5) is 12.0. The lowest BCUT2D eigenvalue weighted by atomic mass is 9.83. The van der Waals surface area contributed by atoms with Crippen LogP contribution in [0.25, 0.3) is 0 Å². The van der Waals surface area contributed by atoms with E-state index >= 15 is 0 Å². The van der Waals surface area contributed by atoms with Gasteiger partial charge in [0.15, 0.2) is 0 Å². The van der Waals surface area contributed by atoms with Crippen LogP contribution < -0.4 is 5.73 Å². The van der Waals surface area contributed by atoms with Crippen LogP contribution in [-0.4, -0.2) is 24.3 Å². The Morgan fingerprint density at radius 1 is 1.29 bits per heavy atom. The second kappa shape index (κ2) is 6.06. The number of nitrogen functional groups attached to an aromatic ring is 1. The number of benzene rings is 1. The zero-order valence-corrected chi connectivity index (χ0v) is 12.3. The second-order valence-electron chi connectivity index (χ2n) is 6.25. The normalized spacial score (nSPS) is 24.1. The van der Waals surface area contributed by atoms with E-state index in [-0.39, 0.29) is 17.7 Å². The van der Waals surface area contributed by atoms with Crippen LogP contribution in [0.4, 0.5) is 5.69 Å². The minimum atomic E-state index is -0.324. The zero-order valence-electron chi connectivity index (χ0n) is 12.3. The molecule has 1 aliphatic heterocycles. The molecule has 0 radical (unpaired) electrons. The molecule has 21 heavy (non-hydrogen) atoms. The van der Waals surface area contributed by atoms with E-state index in [9.17, 15) is 4.79 Å². The van der Waals surface area contributed by atoms with E-state index < -0.39 is 0 Å². The third-order valence-corrected chi connectivity index (χ3v) is 4.63. The largest absolute Gasteiger partial charge is 0.459 e. The van der Waals surface area contributed by atoms with Crippen molar-refractivity contribution < 1.29 is 14.3 Å². The lowest BCUT2D eigenvalue weighted by molar-refractivity contribution is -0.0809. The standard InChI is InChI=1S/C17H23NO3/c18-14-6-4-5-13(11-14)16(19)20-12-15-7-10-17(21-15)8-2-1-3-9-17/h4-6,11,15H,1-3,7-10,12,18H2. The van der Waals surface area contributed by atoms with E-state index in [1.54, 1.807) is 24.3 Å². The Morgan fingerprint density at radius 3 is 2.86 bits per heavy atom. The molecule has 1 aromatic rings. The molecule has 0 amide bonds. The van der Waals surface area contributed by atoms with Crippen LogP contribution in [-0.2, 0) is 9.47 Å². The van der Waals surface area contributed by atoms with Gasteiger partial charge in [0.25, 0.3) is 0 Å². The molecular formula is C17H23NO3. The van der Waals surface area contributed by atoms with Gasteiger partial charge in [-0.1, -0.05) is 25.3 Å². The van der Waals surface area contributed by atoms with Crippen LogP contribution in [0.3, 0.4) is 0 Å². The third-order valence-electron chi connectivity index (χ3n) is 4.63. The second-order valence-corrected chi connectivity index (χ2v) is 6.25. The fourth-order valence-corrected chi connectivity index (χ4v) is 3.49. The quantitative estimate of drug-likeness (QED) is 0.685. The SMILES string of the molecule is Nc1cccc(C(=O)OCC2CCC3(CCCCC3)O2)c1. The highest BCUT2D eigenvalue weighted by atomic mass is 16.6. The predicted octanol–water partition coefficient (Wildman–Crippen LogP) is 3.31. The first-order chi connectivity index (χ1) is 10.2. The number of ether oxygens (including phenoxy) is 2. The van der Waals surface area contributed by atoms with Gasteiger partial charge in [-0.25, -0.2) is 4.79 Å². The van der Waals surface area contributed by atoms with Gasteiger partial charge in [0.05, 0.1) is 17.3 Å². The van der Waals surface area contributed by atoms with Crippen molar-refractivity contribution in [3.8, 4) is 0 Å². The average Bonchev–Trinajstić information content (AvgIpc) is 2.88. The monoisotopic (exact) mass is 289 g/mol. The number of anilines is 1. The van der Waals surface area contributed by atoms with Crippen molar-refractivity contribution in [1.82, 2.24) is 0 Å². The van der Waals surface area contributed by atoms with Gasteiger partial charge in [0.2, 0.25) is 0 Å². The molecule has 2 N–H and O–H groups in total. The first kappa shape index (κ1) is 14.4. The molecule has 1 aliphatic carbocycles. The molecule has 1 aromatic carbocycles. The van der Waals surface area contributed by atoms with Gasteiger partial charge < -0.3 is 15.2 Å². The number of carbonyl (C=O) groups is 1. The summed E-state index contributed by atoms with van der Waals surface area (Å²) < 4.78 is 11.6. The molecule has 0 bridgehead atoms. The van der Waals surface area contributed by atoms with Gasteiger partial charge in [0.1, 0.15) is 6.61 Å². The smallest absolute Gasteiger partial charge is 0.338 e. The van der Waals surface area contributed by atoms with Gasteiger partial charge in [0, 0.05) is 5.69 Å². The van der Waals surface area contributed by atoms with E-state index in [2.05, 4.69) is 0 Å². The van der Waals surface area contributed by atoms with E-state index in [1.165, 1.54) is 19.3 Å². The van der Waals surface area contributed by atoms with Crippen molar-refractivity contribution in [1.29, 1.82) is 0 Å². The highest BCUT2D eigenvalue weighted by Gasteiger charge is 2.41. The molecule has 4 nitrogen and oxygen atoms in total. The molecule has 114 valence electrons. The number of hydrogen-bond acceptors (Lipinski definition) is 4. The summed E-state index contributed by atoms with van der Waals surface area (Å²) in [5, 5.41) is 0. The van der Waals surface area contributed by atoms with Crippen molar-refractivity contribution in [3.05, 3.63) is 29.8 Å². The van der Waals surface area contributed by atoms with Crippen molar-refractivity contribution in [2.24, 2.45) is 0 Å². The minimum Gasteiger partial charge on any atom is -0.459 e. The number of carbonyl (C=O) groups excluding carboxylic acids is 1. The van der Waals surface area contributed by atoms with E-state index in [0.717, 1.165) is 25.7 Å². The Balaban J connectivity index is 1.51. The molecule has 2 aliphatic rings. The first-order valence-electron chi connectivity index (χ1n) is 7.87. The topological polar surface area (TPSA) is 61.6 Å². The molecule has 1 saturated heterocycles. The maximum absolute atomic E-state index is 12.0. The average molecular weight is 289 g/mol. The number of esters is 1. The third kappa shape index (κ3) is 3.38. The van der Waals surface area contributed by atoms with E-state index in [0.29, 0.717) is 17.9 Å². The van der Waals surface area contributed by atoms with Crippen LogP contribution in [0.2, 0.25) is 0 Å². The Bertz CT molecular complexity index is 509. The molecule has 1 unspecified atom stereocenters. The number of hydrogen-bond donors (Lipinski definition) is 1. The van der Waals surface area contributed by atoms with E-state index in [4.69, 9.17) is 15.2 Å². The molecule has 2 fully saturated rings. The molecular weight excluding hydrogens is 266 g/mol. The Hall–Kier alpha value is -1.55. The summed E-state index contributed by atoms with van der Waals surface area (Å²) in [5.74, 6) is -0.324. The highest BCUT2D eigenvalue weighted by molar-refractivity contribution is 5.90. The van der Waals surface area contributed by atoms with Crippen LogP contribution in [0.15, 0.2) is 24.3 Å². The van der Waals surface area contributed by atoms with Crippen LogP contribution >= 0.6 is 0 Å². The van der Waals surface area contributed by atoms with Crippen molar-refractivity contribution in [2.45, 2.75) is 56.7 Å². The summed E-state index contributed by atoms with van der Waals surface area (Å²) in [7, 11) is 0. The summed E-state index contributed by atoms with van der Waals surface area (Å²) in [6.07, 6.45) is 8.30. The molecule has 1 saturated carbocycles. The molecule has 1 spiro atoms. The molecule has 0 aromatic heterocycles. The summed E-state index contributed by atoms with van der Waals surface area (Å²) in [5.41, 5.74) is 6.82. The Kier molecular flexibility index (Phi) is 4.15. The Morgan fingerprint density at radius 2 is 2.10 bits per heavy atom. The van der Waals surface area contributed by atoms with Crippen LogP contribution in [0.5, 0.6) is 0 Å². The lowest BCUT2D eigenvalue weighted by Gasteiger charge is -2.33. The minimum absolute atomic E-state index is 0.0492.